The normalized spacial score (nSPS) is 26.5. The summed E-state index contributed by atoms with van der Waals surface area (Å²) in [5, 5.41) is 2.77. The topological polar surface area (TPSA) is 55.1 Å². The lowest BCUT2D eigenvalue weighted by Gasteiger charge is -2.08. The zero-order chi connectivity index (χ0) is 11.4. The summed E-state index contributed by atoms with van der Waals surface area (Å²) in [5.74, 6) is -0.142. The van der Waals surface area contributed by atoms with Crippen LogP contribution in [0.15, 0.2) is 34.5 Å². The van der Waals surface area contributed by atoms with Crippen molar-refractivity contribution < 1.29 is 4.79 Å². The van der Waals surface area contributed by atoms with Gasteiger partial charge in [-0.25, -0.2) is 0 Å². The largest absolute Gasteiger partial charge is 0.324 e. The van der Waals surface area contributed by atoms with E-state index in [2.05, 4.69) is 27.8 Å². The van der Waals surface area contributed by atoms with Gasteiger partial charge >= 0.3 is 0 Å². The minimum atomic E-state index is -0.433. The van der Waals surface area contributed by atoms with Crippen LogP contribution in [0.3, 0.4) is 0 Å². The van der Waals surface area contributed by atoms with Gasteiger partial charge in [-0.15, -0.1) is 0 Å². The van der Waals surface area contributed by atoms with Gasteiger partial charge in [-0.1, -0.05) is 28.6 Å². The average Bonchev–Trinajstić information content (AvgIpc) is 2.33. The third kappa shape index (κ3) is 3.32. The predicted octanol–water partition coefficient (Wildman–Crippen LogP) is 1.96. The molecule has 1 fully saturated rings. The van der Waals surface area contributed by atoms with E-state index in [1.165, 1.54) is 0 Å². The first kappa shape index (κ1) is 12.2. The van der Waals surface area contributed by atoms with Crippen LogP contribution in [0.2, 0.25) is 0 Å². The van der Waals surface area contributed by atoms with Crippen LogP contribution < -0.4 is 11.1 Å². The van der Waals surface area contributed by atoms with Crippen LogP contribution in [0.25, 0.3) is 0 Å². The Kier molecular flexibility index (Phi) is 4.29. The van der Waals surface area contributed by atoms with Crippen molar-refractivity contribution in [1.82, 2.24) is 5.32 Å². The minimum absolute atomic E-state index is 0.142. The Hall–Kier alpha value is -0.870. The van der Waals surface area contributed by atoms with Gasteiger partial charge < -0.3 is 11.1 Å². The molecule has 1 unspecified atom stereocenters. The van der Waals surface area contributed by atoms with E-state index in [1.54, 1.807) is 0 Å². The summed E-state index contributed by atoms with van der Waals surface area (Å²) in [7, 11) is 0. The van der Waals surface area contributed by atoms with Crippen molar-refractivity contribution in [2.24, 2.45) is 5.73 Å². The molecule has 0 bridgehead atoms. The Morgan fingerprint density at radius 1 is 1.73 bits per heavy atom. The van der Waals surface area contributed by atoms with Crippen molar-refractivity contribution in [3.05, 3.63) is 34.5 Å². The lowest BCUT2D eigenvalue weighted by molar-refractivity contribution is -0.121. The number of nitrogens with one attached hydrogen (secondary N) is 1. The van der Waals surface area contributed by atoms with Gasteiger partial charge in [0.25, 0.3) is 0 Å². The Morgan fingerprint density at radius 3 is 3.00 bits per heavy atom. The van der Waals surface area contributed by atoms with Gasteiger partial charge in [0, 0.05) is 10.2 Å². The molecule has 0 aliphatic carbocycles. The lowest BCUT2D eigenvalue weighted by atomic mass is 10.1. The Morgan fingerprint density at radius 2 is 2.40 bits per heavy atom. The van der Waals surface area contributed by atoms with Gasteiger partial charge in [-0.3, -0.25) is 4.79 Å². The van der Waals surface area contributed by atoms with Gasteiger partial charge in [0.05, 0.1) is 6.04 Å². The fourth-order valence-corrected chi connectivity index (χ4v) is 1.50. The highest BCUT2D eigenvalue weighted by atomic mass is 79.9. The molecule has 82 valence electrons. The molecule has 0 aromatic rings. The van der Waals surface area contributed by atoms with Crippen LogP contribution in [-0.4, -0.2) is 11.9 Å². The predicted molar refractivity (Wildman–Crippen MR) is 65.3 cm³/mol. The van der Waals surface area contributed by atoms with E-state index in [4.69, 9.17) is 5.73 Å². The second kappa shape index (κ2) is 5.28. The van der Waals surface area contributed by atoms with Crippen molar-refractivity contribution in [1.29, 1.82) is 0 Å². The van der Waals surface area contributed by atoms with Gasteiger partial charge in [0.2, 0.25) is 5.91 Å². The number of hydrogen-bond acceptors (Lipinski definition) is 2. The van der Waals surface area contributed by atoms with E-state index in [1.807, 2.05) is 19.1 Å². The van der Waals surface area contributed by atoms with Crippen LogP contribution in [-0.2, 0) is 4.79 Å². The van der Waals surface area contributed by atoms with Gasteiger partial charge in [-0.2, -0.15) is 0 Å². The van der Waals surface area contributed by atoms with Crippen molar-refractivity contribution in [3.63, 3.8) is 0 Å². The van der Waals surface area contributed by atoms with Crippen LogP contribution in [0, 0.1) is 0 Å². The second-order valence-electron chi connectivity index (χ2n) is 3.47. The summed E-state index contributed by atoms with van der Waals surface area (Å²) >= 11 is 3.36. The number of amides is 1. The molecule has 4 heteroatoms. The number of carbonyl (C=O) groups is 1. The second-order valence-corrected chi connectivity index (χ2v) is 4.39. The summed E-state index contributed by atoms with van der Waals surface area (Å²) < 4.78 is 0.912. The van der Waals surface area contributed by atoms with E-state index in [9.17, 15) is 4.79 Å². The third-order valence-electron chi connectivity index (χ3n) is 2.29. The first-order valence-electron chi connectivity index (χ1n) is 4.82. The minimum Gasteiger partial charge on any atom is -0.324 e. The summed E-state index contributed by atoms with van der Waals surface area (Å²) in [5.41, 5.74) is 7.32. The summed E-state index contributed by atoms with van der Waals surface area (Å²) in [6.07, 6.45) is 5.14. The van der Waals surface area contributed by atoms with Crippen LogP contribution in [0.5, 0.6) is 0 Å². The number of rotatable bonds is 1. The standard InChI is InChI=1S/C11H15BrN2O/c1-3-8(12)6-10-7(2)4-5-9(13)11(15)14-10/h3,6,9H,2,4-5,13H2,1H3,(H,14,15)/b8-3+,10-6+. The van der Waals surface area contributed by atoms with Crippen LogP contribution in [0.1, 0.15) is 19.8 Å². The molecule has 15 heavy (non-hydrogen) atoms. The summed E-state index contributed by atoms with van der Waals surface area (Å²) in [6, 6.07) is -0.433. The molecule has 3 nitrogen and oxygen atoms in total. The Balaban J connectivity index is 2.92. The van der Waals surface area contributed by atoms with Gasteiger partial charge in [-0.05, 0) is 31.4 Å². The molecule has 0 saturated carbocycles. The maximum atomic E-state index is 11.5. The average molecular weight is 271 g/mol. The summed E-state index contributed by atoms with van der Waals surface area (Å²) in [4.78, 5) is 11.5. The fraction of sp³-hybridized carbons (Fsp3) is 0.364. The first-order valence-corrected chi connectivity index (χ1v) is 5.62. The highest BCUT2D eigenvalue weighted by Crippen LogP contribution is 2.20. The van der Waals surface area contributed by atoms with E-state index in [0.29, 0.717) is 6.42 Å². The van der Waals surface area contributed by atoms with E-state index < -0.39 is 6.04 Å². The molecule has 1 aliphatic rings. The molecule has 1 amide bonds. The maximum Gasteiger partial charge on any atom is 0.241 e. The number of carbonyl (C=O) groups excluding carboxylic acids is 1. The summed E-state index contributed by atoms with van der Waals surface area (Å²) in [6.45, 7) is 5.84. The number of halogens is 1. The zero-order valence-electron chi connectivity index (χ0n) is 8.72. The number of nitrogens with two attached hydrogens (primary N) is 1. The number of allylic oxidation sites excluding steroid dienone is 4. The molecule has 0 aromatic carbocycles. The first-order chi connectivity index (χ1) is 7.04. The molecule has 1 rings (SSSR count). The monoisotopic (exact) mass is 270 g/mol. The molecule has 1 saturated heterocycles. The third-order valence-corrected chi connectivity index (χ3v) is 2.98. The van der Waals surface area contributed by atoms with E-state index >= 15 is 0 Å². The molecular weight excluding hydrogens is 256 g/mol. The quantitative estimate of drug-likeness (QED) is 0.766. The zero-order valence-corrected chi connectivity index (χ0v) is 10.3. The highest BCUT2D eigenvalue weighted by molar-refractivity contribution is 9.11. The smallest absolute Gasteiger partial charge is 0.241 e. The van der Waals surface area contributed by atoms with Crippen molar-refractivity contribution in [2.45, 2.75) is 25.8 Å². The van der Waals surface area contributed by atoms with Crippen LogP contribution >= 0.6 is 15.9 Å². The van der Waals surface area contributed by atoms with Crippen LogP contribution in [0.4, 0.5) is 0 Å². The lowest BCUT2D eigenvalue weighted by Crippen LogP contribution is -2.38. The number of hydrogen-bond donors (Lipinski definition) is 2. The molecule has 0 radical (unpaired) electrons. The van der Waals surface area contributed by atoms with Crippen molar-refractivity contribution >= 4 is 21.8 Å². The molecule has 1 aliphatic heterocycles. The molecule has 0 aromatic heterocycles. The molecule has 1 atom stereocenters. The highest BCUT2D eigenvalue weighted by Gasteiger charge is 2.20. The SMILES string of the molecule is C=C1CCC(N)C(=O)N/C1=C/C(Br)=C\C. The molecule has 1 heterocycles. The maximum absolute atomic E-state index is 11.5. The van der Waals surface area contributed by atoms with Crippen molar-refractivity contribution in [2.75, 3.05) is 0 Å². The Bertz CT molecular complexity index is 344. The van der Waals surface area contributed by atoms with Gasteiger partial charge in [0.15, 0.2) is 0 Å². The molecule has 3 N–H and O–H groups in total. The fourth-order valence-electron chi connectivity index (χ4n) is 1.27. The van der Waals surface area contributed by atoms with Crippen molar-refractivity contribution in [3.8, 4) is 0 Å². The van der Waals surface area contributed by atoms with E-state index in [0.717, 1.165) is 22.2 Å². The Labute approximate surface area is 98.2 Å². The van der Waals surface area contributed by atoms with E-state index in [-0.39, 0.29) is 5.91 Å². The molecule has 0 spiro atoms. The molecular formula is C11H15BrN2O. The van der Waals surface area contributed by atoms with Gasteiger partial charge in [0.1, 0.15) is 0 Å².